The van der Waals surface area contributed by atoms with Crippen LogP contribution >= 0.6 is 11.3 Å². The summed E-state index contributed by atoms with van der Waals surface area (Å²) in [5.41, 5.74) is 1.26. The third kappa shape index (κ3) is 5.42. The molecule has 1 N–H and O–H groups in total. The van der Waals surface area contributed by atoms with Crippen molar-refractivity contribution in [3.8, 4) is 0 Å². The number of hydrogen-bond donors (Lipinski definition) is 1. The Hall–Kier alpha value is -2.67. The molecule has 0 saturated carbocycles. The Labute approximate surface area is 150 Å². The lowest BCUT2D eigenvalue weighted by molar-refractivity contribution is -0.116. The van der Waals surface area contributed by atoms with Crippen molar-refractivity contribution >= 4 is 40.5 Å². The van der Waals surface area contributed by atoms with Gasteiger partial charge < -0.3 is 10.1 Å². The molecule has 0 aliphatic carbocycles. The fraction of sp³-hybridized carbons (Fsp3) is 0.278. The van der Waals surface area contributed by atoms with Crippen LogP contribution < -0.4 is 10.2 Å². The first-order valence-corrected chi connectivity index (χ1v) is 8.76. The van der Waals surface area contributed by atoms with Crippen LogP contribution in [0.4, 0.5) is 16.2 Å². The fourth-order valence-corrected chi connectivity index (χ4v) is 2.80. The number of ether oxygens (including phenoxy) is 1. The molecule has 0 bridgehead atoms. The van der Waals surface area contributed by atoms with Gasteiger partial charge in [0.15, 0.2) is 5.78 Å². The van der Waals surface area contributed by atoms with Crippen molar-refractivity contribution in [1.29, 1.82) is 0 Å². The van der Waals surface area contributed by atoms with Crippen LogP contribution in [0.3, 0.4) is 0 Å². The van der Waals surface area contributed by atoms with Crippen molar-refractivity contribution in [3.05, 3.63) is 46.7 Å². The van der Waals surface area contributed by atoms with Gasteiger partial charge in [0.25, 0.3) is 0 Å². The van der Waals surface area contributed by atoms with Gasteiger partial charge in [-0.05, 0) is 42.6 Å². The number of hydrogen-bond acceptors (Lipinski definition) is 5. The van der Waals surface area contributed by atoms with Crippen LogP contribution in [0, 0.1) is 0 Å². The van der Waals surface area contributed by atoms with Gasteiger partial charge in [0.2, 0.25) is 5.91 Å². The monoisotopic (exact) mass is 360 g/mol. The van der Waals surface area contributed by atoms with E-state index < -0.39 is 6.09 Å². The van der Waals surface area contributed by atoms with Crippen LogP contribution in [0.1, 0.15) is 29.4 Å². The van der Waals surface area contributed by atoms with Crippen LogP contribution in [-0.2, 0) is 9.53 Å². The molecule has 2 amide bonds. The highest BCUT2D eigenvalue weighted by molar-refractivity contribution is 7.12. The summed E-state index contributed by atoms with van der Waals surface area (Å²) in [7, 11) is 1.61. The van der Waals surface area contributed by atoms with Gasteiger partial charge in [0.05, 0.1) is 11.5 Å². The van der Waals surface area contributed by atoms with Gasteiger partial charge in [-0.2, -0.15) is 0 Å². The number of ketones is 1. The molecule has 0 atom stereocenters. The maximum Gasteiger partial charge on any atom is 0.413 e. The highest BCUT2D eigenvalue weighted by Crippen LogP contribution is 2.18. The fourth-order valence-electron chi connectivity index (χ4n) is 2.11. The lowest BCUT2D eigenvalue weighted by atomic mass is 10.2. The van der Waals surface area contributed by atoms with Crippen LogP contribution in [0.5, 0.6) is 0 Å². The van der Waals surface area contributed by atoms with Gasteiger partial charge in [-0.1, -0.05) is 6.07 Å². The Morgan fingerprint density at radius 1 is 1.12 bits per heavy atom. The summed E-state index contributed by atoms with van der Waals surface area (Å²) >= 11 is 1.37. The Kier molecular flexibility index (Phi) is 6.71. The first kappa shape index (κ1) is 18.7. The molecule has 25 heavy (non-hydrogen) atoms. The quantitative estimate of drug-likeness (QED) is 0.759. The first-order valence-electron chi connectivity index (χ1n) is 7.88. The average molecular weight is 360 g/mol. The van der Waals surface area contributed by atoms with Crippen LogP contribution in [0.2, 0.25) is 0 Å². The van der Waals surface area contributed by atoms with Crippen LogP contribution in [0.15, 0.2) is 41.8 Å². The highest BCUT2D eigenvalue weighted by Gasteiger charge is 2.12. The van der Waals surface area contributed by atoms with E-state index in [1.165, 1.54) is 16.2 Å². The highest BCUT2D eigenvalue weighted by atomic mass is 32.1. The third-order valence-corrected chi connectivity index (χ3v) is 4.37. The third-order valence-electron chi connectivity index (χ3n) is 3.46. The number of amides is 2. The summed E-state index contributed by atoms with van der Waals surface area (Å²) in [6, 6.07) is 10.4. The van der Waals surface area contributed by atoms with Crippen molar-refractivity contribution in [3.63, 3.8) is 0 Å². The average Bonchev–Trinajstić information content (AvgIpc) is 3.14. The molecule has 0 spiro atoms. The molecule has 0 aliphatic rings. The van der Waals surface area contributed by atoms with Gasteiger partial charge in [0.1, 0.15) is 0 Å². The number of carbonyl (C=O) groups is 3. The zero-order valence-electron chi connectivity index (χ0n) is 14.2. The van der Waals surface area contributed by atoms with E-state index in [9.17, 15) is 14.4 Å². The zero-order valence-corrected chi connectivity index (χ0v) is 15.0. The van der Waals surface area contributed by atoms with E-state index >= 15 is 0 Å². The zero-order chi connectivity index (χ0) is 18.2. The number of carbonyl (C=O) groups excluding carboxylic acids is 3. The Balaban J connectivity index is 1.85. The molecular formula is C18H20N2O4S. The topological polar surface area (TPSA) is 75.7 Å². The Morgan fingerprint density at radius 3 is 2.44 bits per heavy atom. The van der Waals surface area contributed by atoms with E-state index in [2.05, 4.69) is 5.32 Å². The smallest absolute Gasteiger partial charge is 0.413 e. The standard InChI is InChI=1S/C18H20N2O4S/c1-3-24-18(23)20(2)14-8-6-13(7-9-14)19-17(22)11-10-15(21)16-5-4-12-25-16/h4-9,12H,3,10-11H2,1-2H3,(H,19,22). The number of rotatable bonds is 7. The number of Topliss-reactive ketones (excluding diaryl/α,β-unsaturated/α-hetero) is 1. The van der Waals surface area contributed by atoms with Gasteiger partial charge in [0, 0.05) is 31.3 Å². The number of nitrogens with one attached hydrogen (secondary N) is 1. The molecule has 0 aliphatic heterocycles. The molecule has 2 aromatic rings. The van der Waals surface area contributed by atoms with E-state index in [0.717, 1.165) is 0 Å². The number of benzene rings is 1. The van der Waals surface area contributed by atoms with Crippen molar-refractivity contribution in [2.45, 2.75) is 19.8 Å². The number of thiophene rings is 1. The van der Waals surface area contributed by atoms with E-state index in [1.807, 2.05) is 11.4 Å². The Bertz CT molecular complexity index is 726. The molecule has 0 saturated heterocycles. The number of anilines is 2. The lowest BCUT2D eigenvalue weighted by Gasteiger charge is -2.16. The molecule has 1 aromatic carbocycles. The summed E-state index contributed by atoms with van der Waals surface area (Å²) in [5.74, 6) is -0.257. The second kappa shape index (κ2) is 8.98. The summed E-state index contributed by atoms with van der Waals surface area (Å²) in [4.78, 5) is 37.5. The predicted molar refractivity (Wildman–Crippen MR) is 98.4 cm³/mol. The molecule has 7 heteroatoms. The lowest BCUT2D eigenvalue weighted by Crippen LogP contribution is -2.26. The van der Waals surface area contributed by atoms with Gasteiger partial charge in [-0.25, -0.2) is 4.79 Å². The summed E-state index contributed by atoms with van der Waals surface area (Å²) < 4.78 is 4.92. The summed E-state index contributed by atoms with van der Waals surface area (Å²) in [6.07, 6.45) is -0.136. The first-order chi connectivity index (χ1) is 12.0. The molecule has 2 rings (SSSR count). The van der Waals surface area contributed by atoms with E-state index in [-0.39, 0.29) is 24.5 Å². The maximum atomic E-state index is 12.0. The molecule has 1 heterocycles. The molecule has 132 valence electrons. The van der Waals surface area contributed by atoms with Gasteiger partial charge >= 0.3 is 6.09 Å². The minimum atomic E-state index is -0.439. The second-order valence-electron chi connectivity index (χ2n) is 5.25. The largest absolute Gasteiger partial charge is 0.449 e. The SMILES string of the molecule is CCOC(=O)N(C)c1ccc(NC(=O)CCC(=O)c2cccs2)cc1. The maximum absolute atomic E-state index is 12.0. The number of nitrogens with zero attached hydrogens (tertiary/aromatic N) is 1. The normalized spacial score (nSPS) is 10.2. The minimum Gasteiger partial charge on any atom is -0.449 e. The van der Waals surface area contributed by atoms with Crippen molar-refractivity contribution in [2.24, 2.45) is 0 Å². The summed E-state index contributed by atoms with van der Waals surface area (Å²) in [6.45, 7) is 2.05. The van der Waals surface area contributed by atoms with Crippen LogP contribution in [-0.4, -0.2) is 31.4 Å². The molecule has 0 fully saturated rings. The van der Waals surface area contributed by atoms with Gasteiger partial charge in [-0.3, -0.25) is 14.5 Å². The van der Waals surface area contributed by atoms with E-state index in [4.69, 9.17) is 4.74 Å². The molecule has 0 radical (unpaired) electrons. The van der Waals surface area contributed by atoms with E-state index in [1.54, 1.807) is 44.3 Å². The van der Waals surface area contributed by atoms with E-state index in [0.29, 0.717) is 22.9 Å². The predicted octanol–water partition coefficient (Wildman–Crippen LogP) is 3.94. The summed E-state index contributed by atoms with van der Waals surface area (Å²) in [5, 5.41) is 4.58. The molecule has 6 nitrogen and oxygen atoms in total. The van der Waals surface area contributed by atoms with Crippen molar-refractivity contribution < 1.29 is 19.1 Å². The molecule has 1 aromatic heterocycles. The van der Waals surface area contributed by atoms with Gasteiger partial charge in [-0.15, -0.1) is 11.3 Å². The molecule has 0 unspecified atom stereocenters. The van der Waals surface area contributed by atoms with Crippen molar-refractivity contribution in [1.82, 2.24) is 0 Å². The van der Waals surface area contributed by atoms with Crippen LogP contribution in [0.25, 0.3) is 0 Å². The Morgan fingerprint density at radius 2 is 1.84 bits per heavy atom. The molecular weight excluding hydrogens is 340 g/mol. The second-order valence-corrected chi connectivity index (χ2v) is 6.20. The van der Waals surface area contributed by atoms with Crippen molar-refractivity contribution in [2.75, 3.05) is 23.9 Å². The minimum absolute atomic E-state index is 0.0310.